The number of likely N-dealkylation sites (tertiary alicyclic amines) is 1. The highest BCUT2D eigenvalue weighted by Crippen LogP contribution is 2.48. The molecule has 1 amide bonds. The van der Waals surface area contributed by atoms with Crippen LogP contribution in [0.15, 0.2) is 18.7 Å². The Labute approximate surface area is 222 Å². The van der Waals surface area contributed by atoms with E-state index < -0.39 is 24.3 Å². The van der Waals surface area contributed by atoms with E-state index in [9.17, 15) is 31.1 Å². The molecule has 2 fully saturated rings. The topological polar surface area (TPSA) is 155 Å². The standard InChI is InChI=1S/C18H25N7O.2C2HF3O2/c1-23-9-13(8-20-23)10-24-6-4-18(11-24)5-7-25-16(19-12-21-25)15(18)22-17(26)14-2-3-14;2*3-2(4,5)1(6)7/h8-9,12,14-15H,2-7,10-11H2,1H3,(H,22,26);2*(H,6,7). The molecule has 1 aliphatic carbocycles. The lowest BCUT2D eigenvalue weighted by molar-refractivity contribution is -0.193. The molecule has 2 aromatic heterocycles. The summed E-state index contributed by atoms with van der Waals surface area (Å²) < 4.78 is 67.3. The number of carbonyl (C=O) groups excluding carboxylic acids is 1. The van der Waals surface area contributed by atoms with Crippen LogP contribution in [0.5, 0.6) is 0 Å². The minimum Gasteiger partial charge on any atom is -0.475 e. The molecule has 2 aliphatic heterocycles. The number of rotatable bonds is 4. The van der Waals surface area contributed by atoms with Crippen molar-refractivity contribution in [2.24, 2.45) is 18.4 Å². The lowest BCUT2D eigenvalue weighted by atomic mass is 9.74. The van der Waals surface area contributed by atoms with Crippen molar-refractivity contribution in [2.75, 3.05) is 13.1 Å². The Kier molecular flexibility index (Phi) is 9.10. The molecule has 3 aliphatic rings. The van der Waals surface area contributed by atoms with Gasteiger partial charge in [0.05, 0.1) is 12.2 Å². The van der Waals surface area contributed by atoms with Crippen molar-refractivity contribution >= 4 is 17.8 Å². The molecule has 0 aromatic carbocycles. The molecule has 5 rings (SSSR count). The Hall–Kier alpha value is -3.70. The van der Waals surface area contributed by atoms with E-state index in [1.54, 1.807) is 6.33 Å². The number of carbonyl (C=O) groups is 3. The number of aryl methyl sites for hydroxylation is 2. The molecule has 40 heavy (non-hydrogen) atoms. The first kappa shape index (κ1) is 30.8. The van der Waals surface area contributed by atoms with Crippen LogP contribution in [0.4, 0.5) is 26.3 Å². The van der Waals surface area contributed by atoms with E-state index in [1.165, 1.54) is 5.56 Å². The maximum Gasteiger partial charge on any atom is 0.490 e. The number of aliphatic carboxylic acids is 2. The Balaban J connectivity index is 0.000000263. The van der Waals surface area contributed by atoms with E-state index in [0.717, 1.165) is 57.7 Å². The van der Waals surface area contributed by atoms with Crippen molar-refractivity contribution in [3.63, 3.8) is 0 Å². The highest BCUT2D eigenvalue weighted by Gasteiger charge is 2.50. The number of halogens is 6. The average Bonchev–Trinajstić information content (AvgIpc) is 3.24. The smallest absolute Gasteiger partial charge is 0.475 e. The number of fused-ring (bicyclic) bond motifs is 1. The molecular formula is C22H27F6N7O5. The Morgan fingerprint density at radius 2 is 1.60 bits per heavy atom. The number of amides is 1. The first-order valence-electron chi connectivity index (χ1n) is 12.0. The molecule has 1 spiro atoms. The third-order valence-electron chi connectivity index (χ3n) is 6.69. The third-order valence-corrected chi connectivity index (χ3v) is 6.69. The van der Waals surface area contributed by atoms with E-state index >= 15 is 0 Å². The highest BCUT2D eigenvalue weighted by atomic mass is 19.4. The Bertz CT molecular complexity index is 1190. The van der Waals surface area contributed by atoms with E-state index in [2.05, 4.69) is 31.6 Å². The summed E-state index contributed by atoms with van der Waals surface area (Å²) >= 11 is 0. The van der Waals surface area contributed by atoms with Gasteiger partial charge < -0.3 is 15.5 Å². The van der Waals surface area contributed by atoms with Crippen molar-refractivity contribution in [3.8, 4) is 0 Å². The van der Waals surface area contributed by atoms with Crippen LogP contribution in [0, 0.1) is 11.3 Å². The Morgan fingerprint density at radius 3 is 2.10 bits per heavy atom. The van der Waals surface area contributed by atoms with Crippen LogP contribution in [-0.2, 0) is 34.5 Å². The number of aromatic nitrogens is 5. The van der Waals surface area contributed by atoms with Crippen LogP contribution >= 0.6 is 0 Å². The lowest BCUT2D eigenvalue weighted by Gasteiger charge is -2.41. The van der Waals surface area contributed by atoms with Gasteiger partial charge in [0.15, 0.2) is 0 Å². The number of carboxylic acids is 2. The van der Waals surface area contributed by atoms with Gasteiger partial charge >= 0.3 is 24.3 Å². The molecule has 1 saturated carbocycles. The van der Waals surface area contributed by atoms with Gasteiger partial charge in [0, 0.05) is 49.8 Å². The lowest BCUT2D eigenvalue weighted by Crippen LogP contribution is -2.47. The molecular weight excluding hydrogens is 556 g/mol. The molecule has 2 atom stereocenters. The SMILES string of the molecule is Cn1cc(CN2CCC3(CCn4ncnc4C3NC(=O)C3CC3)C2)cn1.O=C(O)C(F)(F)F.O=C(O)C(F)(F)F. The summed E-state index contributed by atoms with van der Waals surface area (Å²) in [6, 6.07) is -0.0363. The van der Waals surface area contributed by atoms with Crippen molar-refractivity contribution in [3.05, 3.63) is 30.1 Å². The van der Waals surface area contributed by atoms with Crippen molar-refractivity contribution < 1.29 is 50.9 Å². The molecule has 0 radical (unpaired) electrons. The zero-order valence-corrected chi connectivity index (χ0v) is 21.1. The molecule has 2 unspecified atom stereocenters. The van der Waals surface area contributed by atoms with Crippen molar-refractivity contribution in [2.45, 2.75) is 57.2 Å². The van der Waals surface area contributed by atoms with Crippen LogP contribution in [0.3, 0.4) is 0 Å². The summed E-state index contributed by atoms with van der Waals surface area (Å²) in [5.74, 6) is -4.19. The molecule has 222 valence electrons. The Morgan fingerprint density at radius 1 is 1.02 bits per heavy atom. The molecule has 2 aromatic rings. The van der Waals surface area contributed by atoms with Gasteiger partial charge in [-0.15, -0.1) is 0 Å². The minimum atomic E-state index is -5.08. The molecule has 0 bridgehead atoms. The van der Waals surface area contributed by atoms with Crippen LogP contribution < -0.4 is 5.32 Å². The fourth-order valence-electron chi connectivity index (χ4n) is 4.61. The number of alkyl halides is 6. The van der Waals surface area contributed by atoms with Gasteiger partial charge in [0.25, 0.3) is 0 Å². The number of hydrogen-bond acceptors (Lipinski definition) is 7. The van der Waals surface area contributed by atoms with Crippen LogP contribution in [-0.4, -0.2) is 82.9 Å². The maximum absolute atomic E-state index is 12.5. The van der Waals surface area contributed by atoms with Crippen LogP contribution in [0.25, 0.3) is 0 Å². The minimum absolute atomic E-state index is 0.0363. The van der Waals surface area contributed by atoms with Crippen LogP contribution in [0.1, 0.15) is 43.1 Å². The predicted molar refractivity (Wildman–Crippen MR) is 121 cm³/mol. The van der Waals surface area contributed by atoms with Crippen LogP contribution in [0.2, 0.25) is 0 Å². The van der Waals surface area contributed by atoms with Gasteiger partial charge in [-0.25, -0.2) is 19.3 Å². The second-order valence-electron chi connectivity index (χ2n) is 9.76. The van der Waals surface area contributed by atoms with E-state index in [-0.39, 0.29) is 23.3 Å². The quantitative estimate of drug-likeness (QED) is 0.459. The molecule has 1 saturated heterocycles. The number of nitrogens with zero attached hydrogens (tertiary/aromatic N) is 6. The normalized spacial score (nSPS) is 22.4. The van der Waals surface area contributed by atoms with Gasteiger partial charge in [-0.3, -0.25) is 14.4 Å². The second-order valence-corrected chi connectivity index (χ2v) is 9.76. The number of nitrogens with one attached hydrogen (secondary N) is 1. The van der Waals surface area contributed by atoms with E-state index in [1.807, 2.05) is 22.6 Å². The summed E-state index contributed by atoms with van der Waals surface area (Å²) in [5.41, 5.74) is 1.29. The first-order chi connectivity index (χ1) is 18.5. The predicted octanol–water partition coefficient (Wildman–Crippen LogP) is 2.14. The van der Waals surface area contributed by atoms with Gasteiger partial charge in [-0.05, 0) is 32.2 Å². The van der Waals surface area contributed by atoms with E-state index in [0.29, 0.717) is 0 Å². The maximum atomic E-state index is 12.5. The first-order valence-corrected chi connectivity index (χ1v) is 12.0. The van der Waals surface area contributed by atoms with Gasteiger partial charge in [-0.1, -0.05) is 0 Å². The fraction of sp³-hybridized carbons (Fsp3) is 0.636. The van der Waals surface area contributed by atoms with E-state index in [4.69, 9.17) is 19.8 Å². The summed E-state index contributed by atoms with van der Waals surface area (Å²) in [7, 11) is 1.95. The zero-order chi connectivity index (χ0) is 29.9. The van der Waals surface area contributed by atoms with Crippen molar-refractivity contribution in [1.82, 2.24) is 34.8 Å². The van der Waals surface area contributed by atoms with Gasteiger partial charge in [-0.2, -0.15) is 36.5 Å². The molecule has 18 heteroatoms. The van der Waals surface area contributed by atoms with Gasteiger partial charge in [0.2, 0.25) is 5.91 Å². The largest absolute Gasteiger partial charge is 0.490 e. The summed E-state index contributed by atoms with van der Waals surface area (Å²) in [5, 5.41) is 26.2. The van der Waals surface area contributed by atoms with Gasteiger partial charge in [0.1, 0.15) is 12.2 Å². The molecule has 4 heterocycles. The number of hydrogen-bond donors (Lipinski definition) is 3. The summed E-state index contributed by atoms with van der Waals surface area (Å²) in [6.45, 7) is 3.81. The highest BCUT2D eigenvalue weighted by molar-refractivity contribution is 5.81. The van der Waals surface area contributed by atoms with Crippen molar-refractivity contribution in [1.29, 1.82) is 0 Å². The summed E-state index contributed by atoms with van der Waals surface area (Å²) in [6.07, 6.45) is -0.383. The third kappa shape index (κ3) is 7.92. The monoisotopic (exact) mass is 583 g/mol. The second kappa shape index (κ2) is 11.8. The molecule has 12 nitrogen and oxygen atoms in total. The summed E-state index contributed by atoms with van der Waals surface area (Å²) in [4.78, 5) is 37.3. The zero-order valence-electron chi connectivity index (χ0n) is 21.1. The number of carboxylic acid groups (broad SMARTS) is 2. The average molecular weight is 583 g/mol. The molecule has 3 N–H and O–H groups in total. The fourth-order valence-corrected chi connectivity index (χ4v) is 4.61.